The van der Waals surface area contributed by atoms with Crippen molar-refractivity contribution in [1.29, 1.82) is 0 Å². The highest BCUT2D eigenvalue weighted by Crippen LogP contribution is 2.21. The van der Waals surface area contributed by atoms with Crippen LogP contribution in [0.25, 0.3) is 0 Å². The van der Waals surface area contributed by atoms with E-state index in [0.717, 1.165) is 6.42 Å². The van der Waals surface area contributed by atoms with E-state index in [9.17, 15) is 4.79 Å². The van der Waals surface area contributed by atoms with E-state index in [4.69, 9.17) is 29.6 Å². The first-order valence-electron chi connectivity index (χ1n) is 5.79. The van der Waals surface area contributed by atoms with E-state index in [1.807, 2.05) is 0 Å². The first kappa shape index (κ1) is 14.9. The molecule has 0 unspecified atom stereocenters. The number of halogens is 1. The van der Waals surface area contributed by atoms with E-state index < -0.39 is 0 Å². The number of carbonyl (C=O) groups excluding carboxylic acids is 1. The molecule has 18 heavy (non-hydrogen) atoms. The zero-order chi connectivity index (χ0) is 13.7. The molecule has 0 saturated heterocycles. The number of amides is 1. The van der Waals surface area contributed by atoms with Gasteiger partial charge in [-0.15, -0.1) is 0 Å². The number of hydrogen-bond donors (Lipinski definition) is 2. The fourth-order valence-corrected chi connectivity index (χ4v) is 1.82. The molecule has 1 amide bonds. The number of hydrogen-bond acceptors (Lipinski definition) is 2. The Hall–Kier alpha value is -1.13. The summed E-state index contributed by atoms with van der Waals surface area (Å²) in [5.74, 6) is 0.439. The molecule has 1 rings (SSSR count). The molecule has 3 nitrogen and oxygen atoms in total. The summed E-state index contributed by atoms with van der Waals surface area (Å²) < 4.78 is 0. The van der Waals surface area contributed by atoms with Gasteiger partial charge in [0.05, 0.1) is 5.69 Å². The zero-order valence-electron chi connectivity index (χ0n) is 10.5. The number of benzene rings is 1. The summed E-state index contributed by atoms with van der Waals surface area (Å²) in [5.41, 5.74) is 6.80. The molecule has 0 spiro atoms. The SMILES string of the molecule is CC(C)CCC(=O)Nc1cc(Cl)ccc1C(N)=S. The van der Waals surface area contributed by atoms with Gasteiger partial charge in [0.2, 0.25) is 5.91 Å². The van der Waals surface area contributed by atoms with Gasteiger partial charge in [-0.2, -0.15) is 0 Å². The first-order valence-corrected chi connectivity index (χ1v) is 6.58. The summed E-state index contributed by atoms with van der Waals surface area (Å²) in [7, 11) is 0. The van der Waals surface area contributed by atoms with Crippen LogP contribution in [0.1, 0.15) is 32.3 Å². The lowest BCUT2D eigenvalue weighted by molar-refractivity contribution is -0.116. The number of nitrogens with two attached hydrogens (primary N) is 1. The van der Waals surface area contributed by atoms with Crippen molar-refractivity contribution in [2.24, 2.45) is 11.7 Å². The van der Waals surface area contributed by atoms with Crippen molar-refractivity contribution in [3.05, 3.63) is 28.8 Å². The number of thiocarbonyl (C=S) groups is 1. The lowest BCUT2D eigenvalue weighted by Gasteiger charge is -2.11. The number of anilines is 1. The quantitative estimate of drug-likeness (QED) is 0.815. The summed E-state index contributed by atoms with van der Waals surface area (Å²) in [5, 5.41) is 3.33. The molecule has 0 bridgehead atoms. The Bertz CT molecular complexity index is 460. The highest BCUT2D eigenvalue weighted by atomic mass is 35.5. The Morgan fingerprint density at radius 1 is 1.50 bits per heavy atom. The second-order valence-electron chi connectivity index (χ2n) is 4.53. The van der Waals surface area contributed by atoms with Crippen molar-refractivity contribution < 1.29 is 4.79 Å². The average Bonchev–Trinajstić information content (AvgIpc) is 2.26. The predicted octanol–water partition coefficient (Wildman–Crippen LogP) is 3.35. The van der Waals surface area contributed by atoms with Gasteiger partial charge >= 0.3 is 0 Å². The van der Waals surface area contributed by atoms with Crippen molar-refractivity contribution in [2.45, 2.75) is 26.7 Å². The molecule has 0 radical (unpaired) electrons. The molecule has 3 N–H and O–H groups in total. The molecule has 0 aliphatic rings. The molecule has 0 saturated carbocycles. The summed E-state index contributed by atoms with van der Waals surface area (Å²) in [6.45, 7) is 4.15. The molecule has 98 valence electrons. The van der Waals surface area contributed by atoms with Gasteiger partial charge < -0.3 is 11.1 Å². The minimum absolute atomic E-state index is 0.0523. The minimum atomic E-state index is -0.0523. The van der Waals surface area contributed by atoms with E-state index in [-0.39, 0.29) is 10.9 Å². The maximum Gasteiger partial charge on any atom is 0.224 e. The molecule has 0 aliphatic heterocycles. The molecule has 1 aromatic carbocycles. The first-order chi connectivity index (χ1) is 8.40. The van der Waals surface area contributed by atoms with Gasteiger partial charge in [-0.25, -0.2) is 0 Å². The van der Waals surface area contributed by atoms with Gasteiger partial charge in [-0.1, -0.05) is 37.7 Å². The molecule has 0 heterocycles. The van der Waals surface area contributed by atoms with Gasteiger partial charge in [-0.3, -0.25) is 4.79 Å². The number of nitrogens with one attached hydrogen (secondary N) is 1. The van der Waals surface area contributed by atoms with Crippen LogP contribution in [-0.4, -0.2) is 10.9 Å². The van der Waals surface area contributed by atoms with Crippen LogP contribution < -0.4 is 11.1 Å². The van der Waals surface area contributed by atoms with E-state index in [1.54, 1.807) is 18.2 Å². The smallest absolute Gasteiger partial charge is 0.224 e. The Labute approximate surface area is 118 Å². The third-order valence-electron chi connectivity index (χ3n) is 2.47. The predicted molar refractivity (Wildman–Crippen MR) is 80.0 cm³/mol. The maximum absolute atomic E-state index is 11.8. The fourth-order valence-electron chi connectivity index (χ4n) is 1.47. The molecule has 0 atom stereocenters. The summed E-state index contributed by atoms with van der Waals surface area (Å²) in [6.07, 6.45) is 1.32. The lowest BCUT2D eigenvalue weighted by Crippen LogP contribution is -2.17. The molecule has 5 heteroatoms. The van der Waals surface area contributed by atoms with E-state index in [2.05, 4.69) is 19.2 Å². The average molecular weight is 285 g/mol. The molecule has 0 aliphatic carbocycles. The van der Waals surface area contributed by atoms with Crippen LogP contribution in [0.15, 0.2) is 18.2 Å². The molecular formula is C13H17ClN2OS. The second-order valence-corrected chi connectivity index (χ2v) is 5.41. The van der Waals surface area contributed by atoms with Crippen molar-refractivity contribution >= 4 is 40.4 Å². The van der Waals surface area contributed by atoms with E-state index in [1.165, 1.54) is 0 Å². The van der Waals surface area contributed by atoms with Gasteiger partial charge in [0.15, 0.2) is 0 Å². The van der Waals surface area contributed by atoms with Crippen LogP contribution in [0.5, 0.6) is 0 Å². The third kappa shape index (κ3) is 4.63. The Morgan fingerprint density at radius 2 is 2.17 bits per heavy atom. The van der Waals surface area contributed by atoms with Crippen molar-refractivity contribution in [3.63, 3.8) is 0 Å². The van der Waals surface area contributed by atoms with Crippen LogP contribution >= 0.6 is 23.8 Å². The summed E-state index contributed by atoms with van der Waals surface area (Å²) >= 11 is 10.8. The summed E-state index contributed by atoms with van der Waals surface area (Å²) in [4.78, 5) is 12.0. The highest BCUT2D eigenvalue weighted by Gasteiger charge is 2.10. The fraction of sp³-hybridized carbons (Fsp3) is 0.385. The van der Waals surface area contributed by atoms with Crippen LogP contribution in [0.2, 0.25) is 5.02 Å². The van der Waals surface area contributed by atoms with Gasteiger partial charge in [0, 0.05) is 17.0 Å². The van der Waals surface area contributed by atoms with Crippen molar-refractivity contribution in [3.8, 4) is 0 Å². The minimum Gasteiger partial charge on any atom is -0.389 e. The van der Waals surface area contributed by atoms with Crippen LogP contribution in [0.3, 0.4) is 0 Å². The van der Waals surface area contributed by atoms with Crippen LogP contribution in [0, 0.1) is 5.92 Å². The standard InChI is InChI=1S/C13H17ClN2OS/c1-8(2)3-6-12(17)16-11-7-9(14)4-5-10(11)13(15)18/h4-5,7-8H,3,6H2,1-2H3,(H2,15,18)(H,16,17). The van der Waals surface area contributed by atoms with E-state index in [0.29, 0.717) is 28.6 Å². The largest absolute Gasteiger partial charge is 0.389 e. The second kappa shape index (κ2) is 6.71. The molecule has 0 fully saturated rings. The molecule has 0 aromatic heterocycles. The topological polar surface area (TPSA) is 55.1 Å². The monoisotopic (exact) mass is 284 g/mol. The molecule has 1 aromatic rings. The van der Waals surface area contributed by atoms with E-state index >= 15 is 0 Å². The third-order valence-corrected chi connectivity index (χ3v) is 2.92. The zero-order valence-corrected chi connectivity index (χ0v) is 12.1. The van der Waals surface area contributed by atoms with Crippen molar-refractivity contribution in [1.82, 2.24) is 0 Å². The lowest BCUT2D eigenvalue weighted by atomic mass is 10.1. The highest BCUT2D eigenvalue weighted by molar-refractivity contribution is 7.80. The van der Waals surface area contributed by atoms with Gasteiger partial charge in [-0.05, 0) is 30.5 Å². The Kier molecular flexibility index (Phi) is 5.56. The summed E-state index contributed by atoms with van der Waals surface area (Å²) in [6, 6.07) is 5.06. The van der Waals surface area contributed by atoms with Gasteiger partial charge in [0.1, 0.15) is 4.99 Å². The maximum atomic E-state index is 11.8. The Balaban J connectivity index is 2.79. The van der Waals surface area contributed by atoms with Crippen molar-refractivity contribution in [2.75, 3.05) is 5.32 Å². The number of carbonyl (C=O) groups is 1. The molecular weight excluding hydrogens is 268 g/mol. The van der Waals surface area contributed by atoms with Crippen LogP contribution in [-0.2, 0) is 4.79 Å². The van der Waals surface area contributed by atoms with Gasteiger partial charge in [0.25, 0.3) is 0 Å². The number of rotatable bonds is 5. The Morgan fingerprint density at radius 3 is 2.72 bits per heavy atom. The van der Waals surface area contributed by atoms with Crippen LogP contribution in [0.4, 0.5) is 5.69 Å². The normalized spacial score (nSPS) is 10.4.